The summed E-state index contributed by atoms with van der Waals surface area (Å²) in [6.45, 7) is 8.95. The van der Waals surface area contributed by atoms with Gasteiger partial charge in [-0.2, -0.15) is 0 Å². The summed E-state index contributed by atoms with van der Waals surface area (Å²) >= 11 is 0. The minimum atomic E-state index is -2.81. The summed E-state index contributed by atoms with van der Waals surface area (Å²) < 4.78 is 13.4. The third-order valence-corrected chi connectivity index (χ3v) is 15.4. The van der Waals surface area contributed by atoms with Crippen LogP contribution < -0.4 is 26.3 Å². The molecule has 0 fully saturated rings. The first kappa shape index (κ1) is 32.3. The zero-order valence-electron chi connectivity index (χ0n) is 26.5. The van der Waals surface area contributed by atoms with Crippen LogP contribution in [0.1, 0.15) is 38.1 Å². The maximum atomic E-state index is 14.1. The van der Waals surface area contributed by atoms with E-state index in [1.54, 1.807) is 0 Å². The molecule has 0 amide bonds. The van der Waals surface area contributed by atoms with Crippen molar-refractivity contribution in [2.24, 2.45) is 0 Å². The van der Waals surface area contributed by atoms with Gasteiger partial charge in [0, 0.05) is 0 Å². The summed E-state index contributed by atoms with van der Waals surface area (Å²) in [5.41, 5.74) is 0.580. The van der Waals surface area contributed by atoms with Gasteiger partial charge in [0.2, 0.25) is 0 Å². The van der Waals surface area contributed by atoms with Gasteiger partial charge in [0.05, 0.1) is 12.2 Å². The van der Waals surface area contributed by atoms with Crippen molar-refractivity contribution in [3.05, 3.63) is 163 Å². The number of carbonyl (C=O) groups excluding carboxylic acids is 1. The number of benzene rings is 5. The Hall–Kier alpha value is -4.08. The summed E-state index contributed by atoms with van der Waals surface area (Å²) in [5, 5.41) is 5.53. The van der Waals surface area contributed by atoms with Gasteiger partial charge in [-0.05, 0) is 58.3 Å². The fourth-order valence-corrected chi connectivity index (χ4v) is 12.9. The summed E-state index contributed by atoms with van der Waals surface area (Å²) in [6.07, 6.45) is 3.30. The number of ether oxygens (including phenoxy) is 1. The van der Waals surface area contributed by atoms with E-state index in [0.29, 0.717) is 5.56 Å². The Labute approximate surface area is 270 Å². The Morgan fingerprint density at radius 2 is 1.13 bits per heavy atom. The molecule has 228 valence electrons. The van der Waals surface area contributed by atoms with Crippen LogP contribution in [0, 0.1) is 0 Å². The van der Waals surface area contributed by atoms with E-state index in [0.717, 1.165) is 5.30 Å². The van der Waals surface area contributed by atoms with Crippen molar-refractivity contribution >= 4 is 48.5 Å². The lowest BCUT2D eigenvalue weighted by molar-refractivity contribution is 0.0290. The van der Waals surface area contributed by atoms with Crippen LogP contribution >= 0.6 is 7.92 Å². The minimum Gasteiger partial charge on any atom is -0.452 e. The normalized spacial score (nSPS) is 12.7. The average molecular weight is 629 g/mol. The second-order valence-corrected chi connectivity index (χ2v) is 18.5. The first-order chi connectivity index (χ1) is 21.8. The van der Waals surface area contributed by atoms with Gasteiger partial charge in [-0.3, -0.25) is 0 Å². The maximum Gasteiger partial charge on any atom is 0.339 e. The monoisotopic (exact) mass is 628 g/mol. The lowest BCUT2D eigenvalue weighted by Gasteiger charge is -2.43. The van der Waals surface area contributed by atoms with E-state index in [9.17, 15) is 4.79 Å². The predicted octanol–water partition coefficient (Wildman–Crippen LogP) is 7.12. The van der Waals surface area contributed by atoms with Gasteiger partial charge in [-0.1, -0.05) is 166 Å². The third-order valence-electron chi connectivity index (χ3n) is 7.94. The maximum absolute atomic E-state index is 14.1. The highest BCUT2D eigenvalue weighted by molar-refractivity contribution is 7.80. The number of hydrogen-bond donors (Lipinski definition) is 0. The molecule has 0 aliphatic rings. The quantitative estimate of drug-likeness (QED) is 0.0676. The van der Waals surface area contributed by atoms with Crippen molar-refractivity contribution in [2.45, 2.75) is 38.8 Å². The van der Waals surface area contributed by atoms with E-state index < -0.39 is 22.3 Å². The molecule has 0 saturated carbocycles. The van der Waals surface area contributed by atoms with E-state index in [1.165, 1.54) is 21.0 Å². The molecule has 0 N–H and O–H groups in total. The molecule has 0 radical (unpaired) electrons. The fraction of sp³-hybridized carbons (Fsp3) is 0.175. The van der Waals surface area contributed by atoms with Crippen LogP contribution in [0.5, 0.6) is 0 Å². The molecule has 0 aromatic heterocycles. The van der Waals surface area contributed by atoms with Crippen LogP contribution in [0.15, 0.2) is 158 Å². The van der Waals surface area contributed by atoms with E-state index in [4.69, 9.17) is 9.16 Å². The molecule has 0 heterocycles. The van der Waals surface area contributed by atoms with Crippen LogP contribution in [-0.2, 0) is 9.16 Å². The van der Waals surface area contributed by atoms with Gasteiger partial charge in [0.1, 0.15) is 6.10 Å². The summed E-state index contributed by atoms with van der Waals surface area (Å²) in [7, 11) is -3.79. The Balaban J connectivity index is 1.49. The lowest BCUT2D eigenvalue weighted by Crippen LogP contribution is -2.67. The highest BCUT2D eigenvalue weighted by Gasteiger charge is 2.50. The molecule has 1 atom stereocenters. The fourth-order valence-electron chi connectivity index (χ4n) is 5.94. The molecular weight excluding hydrogens is 587 g/mol. The van der Waals surface area contributed by atoms with Crippen molar-refractivity contribution in [3.8, 4) is 0 Å². The van der Waals surface area contributed by atoms with E-state index in [1.807, 2.05) is 61.5 Å². The zero-order chi connectivity index (χ0) is 31.7. The molecule has 5 aromatic rings. The van der Waals surface area contributed by atoms with Crippen molar-refractivity contribution in [3.63, 3.8) is 0 Å². The van der Waals surface area contributed by atoms with Crippen molar-refractivity contribution in [2.75, 3.05) is 6.61 Å². The predicted molar refractivity (Wildman–Crippen MR) is 193 cm³/mol. The average Bonchev–Trinajstić information content (AvgIpc) is 3.07. The molecule has 3 nitrogen and oxygen atoms in total. The Kier molecular flexibility index (Phi) is 10.6. The second kappa shape index (κ2) is 14.8. The minimum absolute atomic E-state index is 0.187. The number of esters is 1. The molecule has 0 spiro atoms. The summed E-state index contributed by atoms with van der Waals surface area (Å²) in [4.78, 5) is 14.1. The van der Waals surface area contributed by atoms with Crippen LogP contribution in [0.4, 0.5) is 0 Å². The molecule has 5 heteroatoms. The zero-order valence-corrected chi connectivity index (χ0v) is 28.4. The van der Waals surface area contributed by atoms with Crippen LogP contribution in [-0.4, -0.2) is 27.0 Å². The summed E-state index contributed by atoms with van der Waals surface area (Å²) in [6, 6.07) is 49.8. The Morgan fingerprint density at radius 1 is 0.689 bits per heavy atom. The number of allylic oxidation sites excluding steroid dienone is 1. The standard InChI is InChI=1S/C40H41O3PSi/c1-5-20-32(31-42-45(40(2,3)4,35-25-14-8-15-26-35)36-27-16-9-17-28-36)43-39(41)37-29-18-19-30-38(37)44(33-21-10-6-11-22-33)34-23-12-7-13-24-34/h5-30,32H,31H2,1-4H3. The molecule has 0 aliphatic carbocycles. The highest BCUT2D eigenvalue weighted by Crippen LogP contribution is 2.37. The molecule has 5 rings (SSSR count). The van der Waals surface area contributed by atoms with Gasteiger partial charge < -0.3 is 9.16 Å². The smallest absolute Gasteiger partial charge is 0.339 e. The molecule has 0 bridgehead atoms. The van der Waals surface area contributed by atoms with Crippen molar-refractivity contribution < 1.29 is 14.0 Å². The van der Waals surface area contributed by atoms with Crippen LogP contribution in [0.25, 0.3) is 0 Å². The van der Waals surface area contributed by atoms with Gasteiger partial charge in [0.25, 0.3) is 8.32 Å². The number of carbonyl (C=O) groups is 1. The van der Waals surface area contributed by atoms with Crippen LogP contribution in [0.3, 0.4) is 0 Å². The number of hydrogen-bond acceptors (Lipinski definition) is 3. The van der Waals surface area contributed by atoms with Crippen molar-refractivity contribution in [1.82, 2.24) is 0 Å². The molecule has 5 aromatic carbocycles. The molecule has 0 saturated heterocycles. The molecule has 45 heavy (non-hydrogen) atoms. The highest BCUT2D eigenvalue weighted by atomic mass is 31.1. The SMILES string of the molecule is CC=CC(CO[Si](c1ccccc1)(c1ccccc1)C(C)(C)C)OC(=O)c1ccccc1P(c1ccccc1)c1ccccc1. The Morgan fingerprint density at radius 3 is 1.60 bits per heavy atom. The topological polar surface area (TPSA) is 35.5 Å². The van der Waals surface area contributed by atoms with Gasteiger partial charge in [0.15, 0.2) is 0 Å². The summed E-state index contributed by atoms with van der Waals surface area (Å²) in [5.74, 6) is -0.348. The van der Waals surface area contributed by atoms with E-state index in [2.05, 4.69) is 124 Å². The third kappa shape index (κ3) is 7.26. The van der Waals surface area contributed by atoms with Gasteiger partial charge >= 0.3 is 5.97 Å². The van der Waals surface area contributed by atoms with Crippen LogP contribution in [0.2, 0.25) is 5.04 Å². The molecule has 0 aliphatic heterocycles. The largest absolute Gasteiger partial charge is 0.452 e. The lowest BCUT2D eigenvalue weighted by atomic mass is 10.2. The molecule has 1 unspecified atom stereocenters. The first-order valence-electron chi connectivity index (χ1n) is 15.4. The first-order valence-corrected chi connectivity index (χ1v) is 18.7. The van der Waals surface area contributed by atoms with Gasteiger partial charge in [-0.25, -0.2) is 4.79 Å². The van der Waals surface area contributed by atoms with E-state index in [-0.39, 0.29) is 17.6 Å². The van der Waals surface area contributed by atoms with Gasteiger partial charge in [-0.15, -0.1) is 0 Å². The Bertz CT molecular complexity index is 1610. The van der Waals surface area contributed by atoms with E-state index >= 15 is 0 Å². The second-order valence-electron chi connectivity index (χ2n) is 12.0. The van der Waals surface area contributed by atoms with Crippen molar-refractivity contribution in [1.29, 1.82) is 0 Å². The molecular formula is C40H41O3PSi. The number of rotatable bonds is 11.